The van der Waals surface area contributed by atoms with E-state index in [2.05, 4.69) is 0 Å². The molecule has 5 nitrogen and oxygen atoms in total. The number of carbonyl (C=O) groups is 2. The molecule has 0 aliphatic rings. The zero-order valence-corrected chi connectivity index (χ0v) is 17.8. The summed E-state index contributed by atoms with van der Waals surface area (Å²) in [5, 5.41) is 17.7. The number of carboxylic acid groups (broad SMARTS) is 2. The molecule has 0 heterocycles. The Kier molecular flexibility index (Phi) is 12.2. The lowest BCUT2D eigenvalue weighted by Gasteiger charge is -2.22. The fraction of sp³-hybridized carbons (Fsp3) is 0.900. The van der Waals surface area contributed by atoms with Gasteiger partial charge in [0.05, 0.1) is 12.8 Å². The molecule has 26 heavy (non-hydrogen) atoms. The van der Waals surface area contributed by atoms with Crippen LogP contribution in [0.3, 0.4) is 0 Å². The number of hydrogen-bond acceptors (Lipinski definition) is 3. The van der Waals surface area contributed by atoms with E-state index in [0.29, 0.717) is 0 Å². The Morgan fingerprint density at radius 1 is 0.731 bits per heavy atom. The van der Waals surface area contributed by atoms with Crippen molar-refractivity contribution in [3.8, 4) is 0 Å². The fourth-order valence-electron chi connectivity index (χ4n) is 3.18. The molecule has 0 aromatic carbocycles. The quantitative estimate of drug-likeness (QED) is 0.290. The average molecular weight is 391 g/mol. The van der Waals surface area contributed by atoms with Crippen molar-refractivity contribution in [2.45, 2.75) is 91.9 Å². The maximum absolute atomic E-state index is 12.0. The summed E-state index contributed by atoms with van der Waals surface area (Å²) in [7, 11) is 0. The van der Waals surface area contributed by atoms with E-state index >= 15 is 0 Å². The highest BCUT2D eigenvalue weighted by atomic mass is 32.2. The van der Waals surface area contributed by atoms with E-state index in [1.54, 1.807) is 0 Å². The first-order valence-electron chi connectivity index (χ1n) is 9.72. The van der Waals surface area contributed by atoms with Gasteiger partial charge in [-0.15, -0.1) is 0 Å². The first kappa shape index (κ1) is 25.2. The van der Waals surface area contributed by atoms with Crippen molar-refractivity contribution in [1.29, 1.82) is 0 Å². The predicted octanol–water partition coefficient (Wildman–Crippen LogP) is 4.86. The number of aliphatic carboxylic acids is 2. The van der Waals surface area contributed by atoms with E-state index in [1.165, 1.54) is 0 Å². The van der Waals surface area contributed by atoms with Gasteiger partial charge < -0.3 is 14.8 Å². The van der Waals surface area contributed by atoms with Crippen LogP contribution in [0.15, 0.2) is 0 Å². The average Bonchev–Trinajstić information content (AvgIpc) is 2.43. The molecule has 0 aromatic rings. The smallest absolute Gasteiger partial charge is 0.303 e. The zero-order valence-electron chi connectivity index (χ0n) is 17.0. The summed E-state index contributed by atoms with van der Waals surface area (Å²) in [5.74, 6) is -0.0433. The Labute approximate surface area is 162 Å². The topological polar surface area (TPSA) is 97.7 Å². The Balaban J connectivity index is 3.65. The summed E-state index contributed by atoms with van der Waals surface area (Å²) in [6.07, 6.45) is 7.99. The van der Waals surface area contributed by atoms with Crippen molar-refractivity contribution in [3.05, 3.63) is 0 Å². The maximum Gasteiger partial charge on any atom is 0.303 e. The monoisotopic (exact) mass is 390 g/mol. The zero-order chi connectivity index (χ0) is 20.2. The molecule has 0 rings (SSSR count). The van der Waals surface area contributed by atoms with Crippen molar-refractivity contribution in [2.75, 3.05) is 11.5 Å². The Hall–Kier alpha value is -0.750. The summed E-state index contributed by atoms with van der Waals surface area (Å²) >= 11 is -0.776. The van der Waals surface area contributed by atoms with Gasteiger partial charge in [0.15, 0.2) is 0 Å². The lowest BCUT2D eigenvalue weighted by Crippen LogP contribution is -2.17. The molecule has 0 saturated heterocycles. The van der Waals surface area contributed by atoms with Crippen LogP contribution >= 0.6 is 0 Å². The van der Waals surface area contributed by atoms with Crippen molar-refractivity contribution in [2.24, 2.45) is 10.8 Å². The van der Waals surface area contributed by atoms with Crippen LogP contribution in [0.25, 0.3) is 0 Å². The molecule has 0 unspecified atom stereocenters. The molecule has 0 radical (unpaired) electrons. The first-order valence-corrected chi connectivity index (χ1v) is 11.2. The third kappa shape index (κ3) is 15.5. The molecule has 0 atom stereocenters. The van der Waals surface area contributed by atoms with E-state index in [9.17, 15) is 14.1 Å². The fourth-order valence-corrected chi connectivity index (χ4v) is 4.44. The molecule has 0 amide bonds. The minimum Gasteiger partial charge on any atom is -0.616 e. The van der Waals surface area contributed by atoms with Gasteiger partial charge in [-0.25, -0.2) is 0 Å². The van der Waals surface area contributed by atoms with Gasteiger partial charge in [-0.1, -0.05) is 51.7 Å². The lowest BCUT2D eigenvalue weighted by molar-refractivity contribution is -0.140. The molecule has 6 heteroatoms. The molecular weight excluding hydrogens is 352 g/mol. The number of hydrogen-bond donors (Lipinski definition) is 2. The van der Waals surface area contributed by atoms with Gasteiger partial charge in [0.25, 0.3) is 0 Å². The highest BCUT2D eigenvalue weighted by Crippen LogP contribution is 2.28. The third-order valence-corrected chi connectivity index (χ3v) is 6.20. The molecule has 0 spiro atoms. The summed E-state index contributed by atoms with van der Waals surface area (Å²) in [5.41, 5.74) is -0.335. The molecule has 0 saturated carbocycles. The second-order valence-corrected chi connectivity index (χ2v) is 10.6. The van der Waals surface area contributed by atoms with Crippen LogP contribution in [0, 0.1) is 10.8 Å². The van der Waals surface area contributed by atoms with Gasteiger partial charge in [-0.3, -0.25) is 9.59 Å². The van der Waals surface area contributed by atoms with E-state index in [1.807, 2.05) is 27.7 Å². The predicted molar refractivity (Wildman–Crippen MR) is 107 cm³/mol. The summed E-state index contributed by atoms with van der Waals surface area (Å²) in [6, 6.07) is 0. The highest BCUT2D eigenvalue weighted by Gasteiger charge is 2.22. The van der Waals surface area contributed by atoms with Crippen LogP contribution in [-0.2, 0) is 20.8 Å². The van der Waals surface area contributed by atoms with Crippen molar-refractivity contribution in [1.82, 2.24) is 0 Å². The molecule has 0 bridgehead atoms. The van der Waals surface area contributed by atoms with E-state index in [0.717, 1.165) is 62.9 Å². The van der Waals surface area contributed by atoms with E-state index < -0.39 is 23.1 Å². The van der Waals surface area contributed by atoms with Crippen LogP contribution in [0.5, 0.6) is 0 Å². The van der Waals surface area contributed by atoms with Crippen LogP contribution in [0.2, 0.25) is 0 Å². The van der Waals surface area contributed by atoms with Crippen LogP contribution in [0.4, 0.5) is 0 Å². The maximum atomic E-state index is 12.0. The molecule has 0 aliphatic heterocycles. The SMILES string of the molecule is CC(C)(CCCCC[S+]([O-])CCCCCC(C)(C)CC(=O)O)CC(=O)O. The minimum absolute atomic E-state index is 0.167. The van der Waals surface area contributed by atoms with Gasteiger partial charge in [0.1, 0.15) is 11.5 Å². The molecule has 2 N–H and O–H groups in total. The highest BCUT2D eigenvalue weighted by molar-refractivity contribution is 7.91. The minimum atomic E-state index is -0.776. The molecule has 0 aliphatic carbocycles. The normalized spacial score (nSPS) is 12.5. The first-order chi connectivity index (χ1) is 11.9. The van der Waals surface area contributed by atoms with Crippen molar-refractivity contribution >= 4 is 23.1 Å². The number of rotatable bonds is 16. The Bertz CT molecular complexity index is 382. The second-order valence-electron chi connectivity index (χ2n) is 8.94. The lowest BCUT2D eigenvalue weighted by atomic mass is 9.84. The Morgan fingerprint density at radius 3 is 1.38 bits per heavy atom. The molecule has 0 fully saturated rings. The molecule has 154 valence electrons. The Morgan fingerprint density at radius 2 is 1.08 bits per heavy atom. The van der Waals surface area contributed by atoms with Gasteiger partial charge in [-0.2, -0.15) is 0 Å². The molecule has 0 aromatic heterocycles. The van der Waals surface area contributed by atoms with Gasteiger partial charge >= 0.3 is 11.9 Å². The van der Waals surface area contributed by atoms with Crippen molar-refractivity contribution < 1.29 is 24.4 Å². The van der Waals surface area contributed by atoms with Gasteiger partial charge in [0.2, 0.25) is 0 Å². The number of carboxylic acids is 2. The number of unbranched alkanes of at least 4 members (excludes halogenated alkanes) is 4. The van der Waals surface area contributed by atoms with E-state index in [4.69, 9.17) is 10.2 Å². The third-order valence-electron chi connectivity index (χ3n) is 4.71. The van der Waals surface area contributed by atoms with Crippen LogP contribution in [-0.4, -0.2) is 38.2 Å². The van der Waals surface area contributed by atoms with Crippen LogP contribution < -0.4 is 0 Å². The standard InChI is InChI=1S/C20H38O5S/c1-19(2,15-17(21)22)11-7-5-9-13-26(25)14-10-6-8-12-20(3,4)16-18(23)24/h5-16H2,1-4H3,(H,21,22)(H,23,24). The van der Waals surface area contributed by atoms with Gasteiger partial charge in [0, 0.05) is 0 Å². The summed E-state index contributed by atoms with van der Waals surface area (Å²) in [6.45, 7) is 7.93. The second kappa shape index (κ2) is 12.6. The van der Waals surface area contributed by atoms with Gasteiger partial charge in [-0.05, 0) is 49.4 Å². The van der Waals surface area contributed by atoms with Crippen LogP contribution in [0.1, 0.15) is 91.9 Å². The summed E-state index contributed by atoms with van der Waals surface area (Å²) in [4.78, 5) is 21.6. The molecular formula is C20H38O5S. The largest absolute Gasteiger partial charge is 0.616 e. The van der Waals surface area contributed by atoms with Crippen molar-refractivity contribution in [3.63, 3.8) is 0 Å². The van der Waals surface area contributed by atoms with E-state index in [-0.39, 0.29) is 23.7 Å². The summed E-state index contributed by atoms with van der Waals surface area (Å²) < 4.78 is 12.0.